The molecule has 1 amide bonds. The van der Waals surface area contributed by atoms with Gasteiger partial charge in [-0.25, -0.2) is 0 Å². The number of carbonyl (C=O) groups is 1. The second kappa shape index (κ2) is 10.7. The molecule has 0 saturated carbocycles. The summed E-state index contributed by atoms with van der Waals surface area (Å²) in [5.41, 5.74) is 6.86. The van der Waals surface area contributed by atoms with Crippen molar-refractivity contribution in [2.75, 3.05) is 38.7 Å². The Morgan fingerprint density at radius 3 is 2.79 bits per heavy atom. The van der Waals surface area contributed by atoms with Crippen LogP contribution in [-0.2, 0) is 4.74 Å². The zero-order valence-corrected chi connectivity index (χ0v) is 20.3. The molecule has 1 saturated heterocycles. The highest BCUT2D eigenvalue weighted by atomic mass is 16.5. The van der Waals surface area contributed by atoms with Crippen LogP contribution >= 0.6 is 0 Å². The Labute approximate surface area is 202 Å². The molecule has 6 nitrogen and oxygen atoms in total. The second-order valence-electron chi connectivity index (χ2n) is 8.89. The van der Waals surface area contributed by atoms with E-state index in [1.807, 2.05) is 18.2 Å². The van der Waals surface area contributed by atoms with Gasteiger partial charge < -0.3 is 19.7 Å². The zero-order valence-electron chi connectivity index (χ0n) is 20.3. The van der Waals surface area contributed by atoms with Crippen molar-refractivity contribution >= 4 is 17.2 Å². The number of anilines is 1. The summed E-state index contributed by atoms with van der Waals surface area (Å²) in [5.74, 6) is 0.831. The number of benzene rings is 1. The van der Waals surface area contributed by atoms with Gasteiger partial charge in [0.15, 0.2) is 0 Å². The number of ether oxygens (including phenoxy) is 2. The average molecular weight is 460 g/mol. The van der Waals surface area contributed by atoms with E-state index in [9.17, 15) is 4.79 Å². The number of nitrogens with zero attached hydrogens (tertiary/aromatic N) is 2. The van der Waals surface area contributed by atoms with Crippen LogP contribution in [0.4, 0.5) is 5.69 Å². The number of hydrogen-bond donors (Lipinski definition) is 1. The molecule has 1 N–H and O–H groups in total. The summed E-state index contributed by atoms with van der Waals surface area (Å²) in [6, 6.07) is 7.60. The molecule has 1 unspecified atom stereocenters. The number of hydrogen-bond acceptors (Lipinski definition) is 5. The highest BCUT2D eigenvalue weighted by Crippen LogP contribution is 2.33. The van der Waals surface area contributed by atoms with Gasteiger partial charge in [-0.3, -0.25) is 9.78 Å². The van der Waals surface area contributed by atoms with Crippen molar-refractivity contribution in [2.45, 2.75) is 26.7 Å². The molecule has 34 heavy (non-hydrogen) atoms. The molecule has 1 fully saturated rings. The predicted octanol–water partition coefficient (Wildman–Crippen LogP) is 5.24. The number of nitrogens with one attached hydrogen (secondary N) is 1. The Morgan fingerprint density at radius 1 is 1.24 bits per heavy atom. The van der Waals surface area contributed by atoms with E-state index in [0.717, 1.165) is 55.8 Å². The molecular formula is C28H33N3O3. The van der Waals surface area contributed by atoms with Crippen molar-refractivity contribution in [3.63, 3.8) is 0 Å². The minimum Gasteiger partial charge on any atom is -0.495 e. The van der Waals surface area contributed by atoms with Gasteiger partial charge in [0.25, 0.3) is 5.91 Å². The number of aryl methyl sites for hydroxylation is 1. The van der Waals surface area contributed by atoms with Crippen LogP contribution in [0.2, 0.25) is 0 Å². The number of allylic oxidation sites excluding steroid dienone is 4. The summed E-state index contributed by atoms with van der Waals surface area (Å²) in [4.78, 5) is 19.5. The first-order valence-electron chi connectivity index (χ1n) is 11.8. The second-order valence-corrected chi connectivity index (χ2v) is 8.89. The molecule has 1 aliphatic carbocycles. The van der Waals surface area contributed by atoms with Crippen molar-refractivity contribution in [1.82, 2.24) is 9.88 Å². The first-order chi connectivity index (χ1) is 16.5. The minimum absolute atomic E-state index is 0.182. The average Bonchev–Trinajstić information content (AvgIpc) is 2.85. The normalized spacial score (nSPS) is 19.0. The molecule has 0 bridgehead atoms. The van der Waals surface area contributed by atoms with E-state index < -0.39 is 0 Å². The molecule has 1 atom stereocenters. The quantitative estimate of drug-likeness (QED) is 0.663. The fourth-order valence-corrected chi connectivity index (χ4v) is 4.38. The molecule has 1 aliphatic heterocycles. The molecule has 1 aromatic carbocycles. The number of aromatic nitrogens is 1. The van der Waals surface area contributed by atoms with E-state index in [1.54, 1.807) is 25.6 Å². The molecule has 1 aromatic heterocycles. The summed E-state index contributed by atoms with van der Waals surface area (Å²) in [6.07, 6.45) is 9.77. The fourth-order valence-electron chi connectivity index (χ4n) is 4.38. The number of amides is 1. The van der Waals surface area contributed by atoms with E-state index >= 15 is 0 Å². The zero-order chi connectivity index (χ0) is 24.1. The number of rotatable bonds is 5. The maximum Gasteiger partial charge on any atom is 0.255 e. The van der Waals surface area contributed by atoms with Crippen LogP contribution in [0.3, 0.4) is 0 Å². The van der Waals surface area contributed by atoms with Gasteiger partial charge in [-0.2, -0.15) is 0 Å². The monoisotopic (exact) mass is 459 g/mol. The van der Waals surface area contributed by atoms with Crippen LogP contribution < -0.4 is 10.1 Å². The van der Waals surface area contributed by atoms with E-state index in [4.69, 9.17) is 9.47 Å². The Morgan fingerprint density at radius 2 is 2.03 bits per heavy atom. The van der Waals surface area contributed by atoms with E-state index in [2.05, 4.69) is 47.8 Å². The molecule has 0 spiro atoms. The standard InChI is InChI=1S/C28H33N3O3/c1-19-6-5-7-22(15-27(21(19)3)31-10-12-34-13-11-31)26-14-23(9-8-20(26)2)28(32)30-24-16-25(33-4)18-29-17-24/h7-9,14-19H,3,5-6,10-13H2,1-2,4H3,(H,30,32). The van der Waals surface area contributed by atoms with E-state index in [1.165, 1.54) is 11.3 Å². The number of carbonyl (C=O) groups excluding carboxylic acids is 1. The highest BCUT2D eigenvalue weighted by Gasteiger charge is 2.22. The van der Waals surface area contributed by atoms with Crippen LogP contribution in [0.25, 0.3) is 5.57 Å². The maximum atomic E-state index is 13.0. The summed E-state index contributed by atoms with van der Waals surface area (Å²) in [6.45, 7) is 12.0. The maximum absolute atomic E-state index is 13.0. The number of morpholine rings is 1. The predicted molar refractivity (Wildman–Crippen MR) is 136 cm³/mol. The Kier molecular flexibility index (Phi) is 7.48. The Hall–Kier alpha value is -3.38. The highest BCUT2D eigenvalue weighted by molar-refractivity contribution is 6.05. The Balaban J connectivity index is 1.66. The van der Waals surface area contributed by atoms with Crippen LogP contribution in [0.5, 0.6) is 5.75 Å². The first kappa shape index (κ1) is 23.8. The first-order valence-corrected chi connectivity index (χ1v) is 11.8. The molecular weight excluding hydrogens is 426 g/mol. The molecule has 4 rings (SSSR count). The molecule has 2 aliphatic rings. The van der Waals surface area contributed by atoms with Gasteiger partial charge in [-0.15, -0.1) is 0 Å². The van der Waals surface area contributed by atoms with Crippen molar-refractivity contribution < 1.29 is 14.3 Å². The van der Waals surface area contributed by atoms with Gasteiger partial charge in [-0.05, 0) is 66.2 Å². The Bertz CT molecular complexity index is 1130. The van der Waals surface area contributed by atoms with Gasteiger partial charge in [0.1, 0.15) is 5.75 Å². The van der Waals surface area contributed by atoms with Gasteiger partial charge in [-0.1, -0.05) is 25.6 Å². The summed E-state index contributed by atoms with van der Waals surface area (Å²) in [5, 5.41) is 2.93. The van der Waals surface area contributed by atoms with Gasteiger partial charge in [0.2, 0.25) is 0 Å². The fraction of sp³-hybridized carbons (Fsp3) is 0.357. The van der Waals surface area contributed by atoms with Gasteiger partial charge >= 0.3 is 0 Å². The summed E-state index contributed by atoms with van der Waals surface area (Å²) < 4.78 is 10.8. The van der Waals surface area contributed by atoms with Crippen LogP contribution in [0.1, 0.15) is 41.3 Å². The van der Waals surface area contributed by atoms with Gasteiger partial charge in [0, 0.05) is 30.4 Å². The summed E-state index contributed by atoms with van der Waals surface area (Å²) in [7, 11) is 1.58. The number of methoxy groups -OCH3 is 1. The molecule has 6 heteroatoms. The van der Waals surface area contributed by atoms with Crippen LogP contribution in [0, 0.1) is 12.8 Å². The lowest BCUT2D eigenvalue weighted by atomic mass is 9.87. The smallest absolute Gasteiger partial charge is 0.255 e. The largest absolute Gasteiger partial charge is 0.495 e. The topological polar surface area (TPSA) is 63.7 Å². The lowest BCUT2D eigenvalue weighted by molar-refractivity contribution is 0.0542. The third-order valence-electron chi connectivity index (χ3n) is 6.55. The molecule has 2 aromatic rings. The lowest BCUT2D eigenvalue weighted by Gasteiger charge is -2.34. The van der Waals surface area contributed by atoms with Gasteiger partial charge in [0.05, 0.1) is 38.4 Å². The van der Waals surface area contributed by atoms with Crippen LogP contribution in [0.15, 0.2) is 66.7 Å². The van der Waals surface area contributed by atoms with Crippen molar-refractivity contribution in [3.05, 3.63) is 83.4 Å². The lowest BCUT2D eigenvalue weighted by Crippen LogP contribution is -2.36. The minimum atomic E-state index is -0.182. The molecule has 2 heterocycles. The SMILES string of the molecule is C=C1C(N2CCOCC2)=CC(c2cc(C(=O)Nc3cncc(OC)c3)ccc2C)=CCCC1C. The molecule has 178 valence electrons. The van der Waals surface area contributed by atoms with Crippen LogP contribution in [-0.4, -0.2) is 49.2 Å². The van der Waals surface area contributed by atoms with Crippen molar-refractivity contribution in [2.24, 2.45) is 5.92 Å². The van der Waals surface area contributed by atoms with E-state index in [-0.39, 0.29) is 5.91 Å². The third kappa shape index (κ3) is 5.39. The summed E-state index contributed by atoms with van der Waals surface area (Å²) >= 11 is 0. The number of pyridine rings is 1. The van der Waals surface area contributed by atoms with Crippen molar-refractivity contribution in [1.29, 1.82) is 0 Å². The van der Waals surface area contributed by atoms with Crippen molar-refractivity contribution in [3.8, 4) is 5.75 Å². The molecule has 0 radical (unpaired) electrons. The van der Waals surface area contributed by atoms with E-state index in [0.29, 0.717) is 22.9 Å². The third-order valence-corrected chi connectivity index (χ3v) is 6.55.